The number of amides is 1. The van der Waals surface area contributed by atoms with Gasteiger partial charge >= 0.3 is 0 Å². The molecule has 27 heavy (non-hydrogen) atoms. The zero-order chi connectivity index (χ0) is 19.4. The molecule has 0 unspecified atom stereocenters. The number of ketones is 1. The van der Waals surface area contributed by atoms with Gasteiger partial charge < -0.3 is 15.1 Å². The number of carbonyl (C=O) groups is 2. The van der Waals surface area contributed by atoms with Crippen LogP contribution in [0.2, 0.25) is 0 Å². The van der Waals surface area contributed by atoms with Gasteiger partial charge in [0.05, 0.1) is 26.2 Å². The van der Waals surface area contributed by atoms with Crippen molar-refractivity contribution in [2.24, 2.45) is 5.92 Å². The normalized spacial score (nSPS) is 25.1. The van der Waals surface area contributed by atoms with Crippen molar-refractivity contribution in [2.45, 2.75) is 58.5 Å². The molecular formula is C22H34N3O2+. The van der Waals surface area contributed by atoms with Crippen LogP contribution in [0.3, 0.4) is 0 Å². The summed E-state index contributed by atoms with van der Waals surface area (Å²) in [5.41, 5.74) is 1.91. The number of nitrogens with zero attached hydrogens (tertiary/aromatic N) is 1. The summed E-state index contributed by atoms with van der Waals surface area (Å²) in [6.45, 7) is 9.72. The van der Waals surface area contributed by atoms with Crippen LogP contribution < -0.4 is 15.1 Å². The molecule has 5 heteroatoms. The van der Waals surface area contributed by atoms with Gasteiger partial charge in [0.2, 0.25) is 0 Å². The van der Waals surface area contributed by atoms with Crippen LogP contribution in [0.4, 0.5) is 5.69 Å². The van der Waals surface area contributed by atoms with Gasteiger partial charge in [0, 0.05) is 17.3 Å². The summed E-state index contributed by atoms with van der Waals surface area (Å²) in [5.74, 6) is 0.908. The van der Waals surface area contributed by atoms with Gasteiger partial charge in [0.15, 0.2) is 11.8 Å². The molecule has 2 aliphatic rings. The summed E-state index contributed by atoms with van der Waals surface area (Å²) in [5, 5.41) is 3.32. The third kappa shape index (κ3) is 4.89. The second kappa shape index (κ2) is 8.87. The first-order chi connectivity index (χ1) is 13.0. The number of hydrogen-bond acceptors (Lipinski definition) is 3. The first-order valence-electron chi connectivity index (χ1n) is 10.5. The minimum atomic E-state index is 0.00126. The predicted molar refractivity (Wildman–Crippen MR) is 108 cm³/mol. The average molecular weight is 373 g/mol. The van der Waals surface area contributed by atoms with Gasteiger partial charge in [-0.15, -0.1) is 0 Å². The number of quaternary nitrogens is 1. The maximum absolute atomic E-state index is 12.7. The molecule has 1 aliphatic carbocycles. The van der Waals surface area contributed by atoms with E-state index in [9.17, 15) is 9.59 Å². The van der Waals surface area contributed by atoms with Crippen molar-refractivity contribution in [2.75, 3.05) is 31.1 Å². The van der Waals surface area contributed by atoms with Crippen LogP contribution in [0.25, 0.3) is 0 Å². The van der Waals surface area contributed by atoms with Crippen LogP contribution in [0.5, 0.6) is 0 Å². The fourth-order valence-electron chi connectivity index (χ4n) is 4.42. The molecule has 1 saturated carbocycles. The quantitative estimate of drug-likeness (QED) is 0.773. The topological polar surface area (TPSA) is 53.9 Å². The van der Waals surface area contributed by atoms with Crippen molar-refractivity contribution < 1.29 is 14.5 Å². The molecule has 0 aromatic heterocycles. The molecule has 2 fully saturated rings. The molecule has 3 rings (SSSR count). The van der Waals surface area contributed by atoms with Crippen molar-refractivity contribution in [3.63, 3.8) is 0 Å². The van der Waals surface area contributed by atoms with E-state index >= 15 is 0 Å². The summed E-state index contributed by atoms with van der Waals surface area (Å²) in [7, 11) is 0. The van der Waals surface area contributed by atoms with Crippen LogP contribution in [-0.4, -0.2) is 50.0 Å². The fourth-order valence-corrected chi connectivity index (χ4v) is 4.42. The van der Waals surface area contributed by atoms with Gasteiger partial charge in [0.1, 0.15) is 0 Å². The Morgan fingerprint density at radius 3 is 2.33 bits per heavy atom. The molecule has 3 atom stereocenters. The predicted octanol–water partition coefficient (Wildman–Crippen LogP) is 1.68. The third-order valence-corrected chi connectivity index (χ3v) is 6.49. The van der Waals surface area contributed by atoms with E-state index < -0.39 is 0 Å². The zero-order valence-electron chi connectivity index (χ0n) is 17.0. The monoisotopic (exact) mass is 372 g/mol. The lowest BCUT2D eigenvalue weighted by Gasteiger charge is -2.37. The summed E-state index contributed by atoms with van der Waals surface area (Å²) < 4.78 is 0. The van der Waals surface area contributed by atoms with Crippen LogP contribution >= 0.6 is 0 Å². The Hall–Kier alpha value is -1.88. The van der Waals surface area contributed by atoms with Crippen molar-refractivity contribution in [3.8, 4) is 0 Å². The van der Waals surface area contributed by atoms with Gasteiger partial charge in [-0.2, -0.15) is 0 Å². The first kappa shape index (κ1) is 19.9. The number of piperazine rings is 1. The van der Waals surface area contributed by atoms with Crippen LogP contribution in [-0.2, 0) is 4.79 Å². The highest BCUT2D eigenvalue weighted by Gasteiger charge is 2.32. The summed E-state index contributed by atoms with van der Waals surface area (Å²) in [4.78, 5) is 27.9. The third-order valence-electron chi connectivity index (χ3n) is 6.49. The maximum Gasteiger partial charge on any atom is 0.278 e. The second-order valence-corrected chi connectivity index (χ2v) is 8.35. The Morgan fingerprint density at radius 2 is 1.74 bits per heavy atom. The Bertz CT molecular complexity index is 650. The number of carbonyl (C=O) groups excluding carboxylic acids is 2. The maximum atomic E-state index is 12.7. The van der Waals surface area contributed by atoms with E-state index in [1.54, 1.807) is 6.92 Å². The largest absolute Gasteiger partial charge is 0.360 e. The number of Topliss-reactive ketones (excluding diaryl/α,β-unsaturated/α-hetero) is 1. The van der Waals surface area contributed by atoms with Crippen molar-refractivity contribution >= 4 is 17.4 Å². The Kier molecular flexibility index (Phi) is 6.53. The van der Waals surface area contributed by atoms with Gasteiger partial charge in [-0.25, -0.2) is 0 Å². The molecule has 0 radical (unpaired) electrons. The van der Waals surface area contributed by atoms with Crippen molar-refractivity contribution in [1.82, 2.24) is 5.32 Å². The van der Waals surface area contributed by atoms with E-state index in [-0.39, 0.29) is 17.7 Å². The summed E-state index contributed by atoms with van der Waals surface area (Å²) in [6.07, 6.45) is 4.88. The van der Waals surface area contributed by atoms with Gasteiger partial charge in [-0.1, -0.05) is 19.8 Å². The molecule has 148 valence electrons. The Labute approximate surface area is 163 Å². The minimum Gasteiger partial charge on any atom is -0.360 e. The number of anilines is 1. The highest BCUT2D eigenvalue weighted by molar-refractivity contribution is 5.94. The Morgan fingerprint density at radius 1 is 1.11 bits per heavy atom. The lowest BCUT2D eigenvalue weighted by atomic mass is 9.86. The highest BCUT2D eigenvalue weighted by atomic mass is 16.2. The zero-order valence-corrected chi connectivity index (χ0v) is 17.0. The molecule has 1 amide bonds. The molecule has 1 aliphatic heterocycles. The lowest BCUT2D eigenvalue weighted by Crippen LogP contribution is -3.19. The van der Waals surface area contributed by atoms with Gasteiger partial charge in [-0.05, 0) is 56.9 Å². The van der Waals surface area contributed by atoms with Crippen LogP contribution in [0.1, 0.15) is 56.8 Å². The smallest absolute Gasteiger partial charge is 0.278 e. The first-order valence-corrected chi connectivity index (χ1v) is 10.5. The van der Waals surface area contributed by atoms with E-state index in [0.29, 0.717) is 12.0 Å². The molecule has 1 heterocycles. The second-order valence-electron chi connectivity index (χ2n) is 8.35. The number of benzene rings is 1. The Balaban J connectivity index is 1.50. The molecule has 1 saturated heterocycles. The van der Waals surface area contributed by atoms with E-state index in [4.69, 9.17) is 0 Å². The van der Waals surface area contributed by atoms with Crippen LogP contribution in [0.15, 0.2) is 24.3 Å². The summed E-state index contributed by atoms with van der Waals surface area (Å²) in [6, 6.07) is 8.22. The number of hydrogen-bond donors (Lipinski definition) is 2. The van der Waals surface area contributed by atoms with E-state index in [0.717, 1.165) is 43.9 Å². The fraction of sp³-hybridized carbons (Fsp3) is 0.636. The van der Waals surface area contributed by atoms with E-state index in [2.05, 4.69) is 24.1 Å². The van der Waals surface area contributed by atoms with E-state index in [1.165, 1.54) is 24.2 Å². The molecule has 5 nitrogen and oxygen atoms in total. The molecule has 0 spiro atoms. The summed E-state index contributed by atoms with van der Waals surface area (Å²) >= 11 is 0. The van der Waals surface area contributed by atoms with Crippen molar-refractivity contribution in [3.05, 3.63) is 29.8 Å². The number of nitrogens with one attached hydrogen (secondary N) is 2. The van der Waals surface area contributed by atoms with Crippen molar-refractivity contribution in [1.29, 1.82) is 0 Å². The van der Waals surface area contributed by atoms with Gasteiger partial charge in [0.25, 0.3) is 5.91 Å². The standard InChI is InChI=1S/C22H33N3O2/c1-16-6-4-5-7-21(16)23-22(27)17(2)24-12-14-25(15-13-24)20-10-8-19(9-11-20)18(3)26/h8-11,16-17,21H,4-7,12-15H2,1-3H3,(H,23,27)/p+1/t16-,17-,21+/m1/s1. The van der Waals surface area contributed by atoms with Gasteiger partial charge in [-0.3, -0.25) is 9.59 Å². The molecule has 0 bridgehead atoms. The lowest BCUT2D eigenvalue weighted by molar-refractivity contribution is -0.914. The highest BCUT2D eigenvalue weighted by Crippen LogP contribution is 2.23. The molecule has 1 aromatic rings. The molecular weight excluding hydrogens is 338 g/mol. The van der Waals surface area contributed by atoms with E-state index in [1.807, 2.05) is 24.3 Å². The van der Waals surface area contributed by atoms with Crippen LogP contribution in [0, 0.1) is 5.92 Å². The number of rotatable bonds is 5. The SMILES string of the molecule is CC(=O)c1ccc(N2CC[NH+]([C@H](C)C(=O)N[C@H]3CCCC[C@H]3C)CC2)cc1. The molecule has 1 aromatic carbocycles. The molecule has 2 N–H and O–H groups in total. The minimum absolute atomic E-state index is 0.00126. The average Bonchev–Trinajstić information content (AvgIpc) is 2.69.